The number of hydrogen-bond acceptors (Lipinski definition) is 1. The van der Waals surface area contributed by atoms with Gasteiger partial charge < -0.3 is 4.98 Å². The number of nitrogens with one attached hydrogen (secondary N) is 1. The summed E-state index contributed by atoms with van der Waals surface area (Å²) in [5.41, 5.74) is 4.77. The number of aromatic nitrogens is 2. The van der Waals surface area contributed by atoms with E-state index in [0.29, 0.717) is 0 Å². The molecule has 0 aliphatic heterocycles. The van der Waals surface area contributed by atoms with Crippen molar-refractivity contribution in [1.29, 1.82) is 0 Å². The Hall–Kier alpha value is -2.55. The molecular formula is C17H11BN2. The predicted octanol–water partition coefficient (Wildman–Crippen LogP) is 3.18. The van der Waals surface area contributed by atoms with Crippen LogP contribution in [0.4, 0.5) is 0 Å². The number of rotatable bonds is 1. The average molecular weight is 254 g/mol. The van der Waals surface area contributed by atoms with Gasteiger partial charge in [-0.25, -0.2) is 4.98 Å². The number of pyridine rings is 1. The van der Waals surface area contributed by atoms with Crippen LogP contribution in [0.25, 0.3) is 33.1 Å². The third-order valence-electron chi connectivity index (χ3n) is 3.62. The summed E-state index contributed by atoms with van der Waals surface area (Å²) in [7, 11) is 5.99. The van der Waals surface area contributed by atoms with Crippen molar-refractivity contribution >= 4 is 35.1 Å². The fourth-order valence-electron chi connectivity index (χ4n) is 2.61. The van der Waals surface area contributed by atoms with Crippen LogP contribution in [-0.2, 0) is 0 Å². The number of para-hydroxylation sites is 2. The normalized spacial score (nSPS) is 11.2. The molecule has 2 heterocycles. The van der Waals surface area contributed by atoms with Crippen LogP contribution in [0.1, 0.15) is 0 Å². The molecule has 4 aromatic rings. The maximum Gasteiger partial charge on any atom is 0.116 e. The first-order valence-corrected chi connectivity index (χ1v) is 6.55. The predicted molar refractivity (Wildman–Crippen MR) is 84.4 cm³/mol. The van der Waals surface area contributed by atoms with E-state index in [1.807, 2.05) is 42.6 Å². The molecule has 92 valence electrons. The van der Waals surface area contributed by atoms with Gasteiger partial charge in [-0.1, -0.05) is 47.9 Å². The number of fused-ring (bicyclic) bond motifs is 2. The number of H-pyrrole nitrogens is 1. The molecule has 0 saturated heterocycles. The molecule has 2 aromatic heterocycles. The van der Waals surface area contributed by atoms with Crippen molar-refractivity contribution in [2.45, 2.75) is 0 Å². The van der Waals surface area contributed by atoms with Crippen molar-refractivity contribution in [3.05, 3.63) is 60.8 Å². The minimum absolute atomic E-state index is 0.759. The van der Waals surface area contributed by atoms with Crippen molar-refractivity contribution in [3.63, 3.8) is 0 Å². The molecule has 0 atom stereocenters. The molecule has 0 bridgehead atoms. The van der Waals surface area contributed by atoms with E-state index in [9.17, 15) is 0 Å². The van der Waals surface area contributed by atoms with Crippen LogP contribution in [0.2, 0.25) is 0 Å². The smallest absolute Gasteiger partial charge is 0.116 e. The molecule has 0 amide bonds. The second-order valence-corrected chi connectivity index (χ2v) is 4.86. The fourth-order valence-corrected chi connectivity index (χ4v) is 2.61. The summed E-state index contributed by atoms with van der Waals surface area (Å²) in [6, 6.07) is 18.2. The van der Waals surface area contributed by atoms with Gasteiger partial charge in [0.15, 0.2) is 0 Å². The van der Waals surface area contributed by atoms with Gasteiger partial charge in [-0.05, 0) is 12.1 Å². The second kappa shape index (κ2) is 4.24. The van der Waals surface area contributed by atoms with E-state index >= 15 is 0 Å². The Morgan fingerprint density at radius 1 is 0.900 bits per heavy atom. The van der Waals surface area contributed by atoms with Crippen LogP contribution in [0.3, 0.4) is 0 Å². The highest BCUT2D eigenvalue weighted by Gasteiger charge is 2.08. The Morgan fingerprint density at radius 3 is 2.75 bits per heavy atom. The van der Waals surface area contributed by atoms with E-state index in [-0.39, 0.29) is 0 Å². The zero-order chi connectivity index (χ0) is 13.5. The lowest BCUT2D eigenvalue weighted by molar-refractivity contribution is 1.40. The van der Waals surface area contributed by atoms with E-state index in [4.69, 9.17) is 12.8 Å². The van der Waals surface area contributed by atoms with Crippen LogP contribution in [-0.4, -0.2) is 17.8 Å². The average Bonchev–Trinajstić information content (AvgIpc) is 2.92. The van der Waals surface area contributed by atoms with E-state index in [0.717, 1.165) is 38.5 Å². The quantitative estimate of drug-likeness (QED) is 0.519. The summed E-state index contributed by atoms with van der Waals surface area (Å²) in [5.74, 6) is 0. The van der Waals surface area contributed by atoms with Gasteiger partial charge in [-0.2, -0.15) is 0 Å². The van der Waals surface area contributed by atoms with E-state index in [1.54, 1.807) is 0 Å². The third kappa shape index (κ3) is 1.63. The molecule has 0 fully saturated rings. The first kappa shape index (κ1) is 11.3. The van der Waals surface area contributed by atoms with Crippen LogP contribution >= 0.6 is 0 Å². The van der Waals surface area contributed by atoms with Crippen LogP contribution in [0.5, 0.6) is 0 Å². The standard InChI is InChI=1S/C17H11BN2/c18-14-6-3-5-12-13(10-19-17(12)14)16-9-8-11-4-1-2-7-15(11)20-16/h1-10,19H. The van der Waals surface area contributed by atoms with Gasteiger partial charge in [0.25, 0.3) is 0 Å². The van der Waals surface area contributed by atoms with E-state index in [1.165, 1.54) is 0 Å². The van der Waals surface area contributed by atoms with Gasteiger partial charge in [0.2, 0.25) is 0 Å². The first-order chi connectivity index (χ1) is 9.83. The zero-order valence-corrected chi connectivity index (χ0v) is 10.8. The molecule has 0 aliphatic rings. The molecule has 2 radical (unpaired) electrons. The molecule has 2 nitrogen and oxygen atoms in total. The Labute approximate surface area is 117 Å². The lowest BCUT2D eigenvalue weighted by Crippen LogP contribution is -2.02. The molecule has 20 heavy (non-hydrogen) atoms. The molecule has 1 N–H and O–H groups in total. The largest absolute Gasteiger partial charge is 0.361 e. The molecule has 3 heteroatoms. The summed E-state index contributed by atoms with van der Waals surface area (Å²) in [6.45, 7) is 0. The maximum atomic E-state index is 5.99. The van der Waals surface area contributed by atoms with Gasteiger partial charge in [0.1, 0.15) is 7.85 Å². The highest BCUT2D eigenvalue weighted by Crippen LogP contribution is 2.27. The zero-order valence-electron chi connectivity index (χ0n) is 10.8. The Balaban J connectivity index is 1.99. The van der Waals surface area contributed by atoms with E-state index < -0.39 is 0 Å². The molecular weight excluding hydrogens is 243 g/mol. The summed E-state index contributed by atoms with van der Waals surface area (Å²) in [5, 5.41) is 2.25. The SMILES string of the molecule is [B]c1cccc2c(-c3ccc4ccccc4n3)c[nH]c12. The van der Waals surface area contributed by atoms with Crippen molar-refractivity contribution in [2.75, 3.05) is 0 Å². The highest BCUT2D eigenvalue weighted by molar-refractivity contribution is 6.38. The van der Waals surface area contributed by atoms with Crippen molar-refractivity contribution < 1.29 is 0 Å². The van der Waals surface area contributed by atoms with Crippen molar-refractivity contribution in [3.8, 4) is 11.3 Å². The Kier molecular flexibility index (Phi) is 2.39. The third-order valence-corrected chi connectivity index (χ3v) is 3.62. The Morgan fingerprint density at radius 2 is 1.80 bits per heavy atom. The number of nitrogens with zero attached hydrogens (tertiary/aromatic N) is 1. The number of aromatic amines is 1. The minimum Gasteiger partial charge on any atom is -0.361 e. The topological polar surface area (TPSA) is 28.7 Å². The highest BCUT2D eigenvalue weighted by atomic mass is 14.7. The molecule has 0 aliphatic carbocycles. The molecule has 0 saturated carbocycles. The van der Waals surface area contributed by atoms with Gasteiger partial charge >= 0.3 is 0 Å². The van der Waals surface area contributed by atoms with Gasteiger partial charge in [-0.15, -0.1) is 0 Å². The second-order valence-electron chi connectivity index (χ2n) is 4.86. The molecule has 2 aromatic carbocycles. The van der Waals surface area contributed by atoms with Crippen molar-refractivity contribution in [1.82, 2.24) is 9.97 Å². The number of benzene rings is 2. The van der Waals surface area contributed by atoms with Crippen LogP contribution in [0, 0.1) is 0 Å². The molecule has 0 unspecified atom stereocenters. The molecule has 0 spiro atoms. The van der Waals surface area contributed by atoms with Gasteiger partial charge in [-0.3, -0.25) is 0 Å². The maximum absolute atomic E-state index is 5.99. The lowest BCUT2D eigenvalue weighted by atomic mass is 9.93. The minimum atomic E-state index is 0.759. The molecule has 4 rings (SSSR count). The monoisotopic (exact) mass is 254 g/mol. The first-order valence-electron chi connectivity index (χ1n) is 6.55. The van der Waals surface area contributed by atoms with Gasteiger partial charge in [0, 0.05) is 28.0 Å². The van der Waals surface area contributed by atoms with Crippen LogP contribution < -0.4 is 5.46 Å². The number of hydrogen-bond donors (Lipinski definition) is 1. The summed E-state index contributed by atoms with van der Waals surface area (Å²) >= 11 is 0. The van der Waals surface area contributed by atoms with Crippen molar-refractivity contribution in [2.24, 2.45) is 0 Å². The van der Waals surface area contributed by atoms with Gasteiger partial charge in [0.05, 0.1) is 11.2 Å². The summed E-state index contributed by atoms with van der Waals surface area (Å²) in [6.07, 6.45) is 1.97. The van der Waals surface area contributed by atoms with Crippen LogP contribution in [0.15, 0.2) is 60.8 Å². The lowest BCUT2D eigenvalue weighted by Gasteiger charge is -2.02. The summed E-state index contributed by atoms with van der Waals surface area (Å²) < 4.78 is 0. The van der Waals surface area contributed by atoms with E-state index in [2.05, 4.69) is 23.2 Å². The Bertz CT molecular complexity index is 924. The summed E-state index contributed by atoms with van der Waals surface area (Å²) in [4.78, 5) is 7.97. The fraction of sp³-hybridized carbons (Fsp3) is 0.